The van der Waals surface area contributed by atoms with Gasteiger partial charge in [-0.3, -0.25) is 0 Å². The number of nitrogens with one attached hydrogen (secondary N) is 1. The number of halogens is 1. The van der Waals surface area contributed by atoms with Crippen molar-refractivity contribution in [1.29, 1.82) is 0 Å². The summed E-state index contributed by atoms with van der Waals surface area (Å²) in [6.07, 6.45) is 0. The predicted molar refractivity (Wildman–Crippen MR) is 109 cm³/mol. The average molecular weight is 408 g/mol. The summed E-state index contributed by atoms with van der Waals surface area (Å²) in [5, 5.41) is 0.835. The first kappa shape index (κ1) is 19.5. The molecule has 3 atom stereocenters. The molecule has 0 amide bonds. The number of anilines is 1. The zero-order valence-electron chi connectivity index (χ0n) is 16.6. The van der Waals surface area contributed by atoms with Gasteiger partial charge in [-0.2, -0.15) is 0 Å². The number of fused-ring (bicyclic) bond motifs is 4. The van der Waals surface area contributed by atoms with Gasteiger partial charge in [-0.25, -0.2) is 18.3 Å². The Hall–Kier alpha value is -1.77. The van der Waals surface area contributed by atoms with Gasteiger partial charge in [0.2, 0.25) is 5.88 Å². The van der Waals surface area contributed by atoms with Gasteiger partial charge >= 0.3 is 0 Å². The molecule has 28 heavy (non-hydrogen) atoms. The van der Waals surface area contributed by atoms with Crippen LogP contribution in [0.25, 0.3) is 10.9 Å². The van der Waals surface area contributed by atoms with Crippen LogP contribution in [-0.4, -0.2) is 46.3 Å². The Labute approximate surface area is 167 Å². The van der Waals surface area contributed by atoms with E-state index in [4.69, 9.17) is 9.47 Å². The van der Waals surface area contributed by atoms with Crippen molar-refractivity contribution >= 4 is 27.6 Å². The Kier molecular flexibility index (Phi) is 5.05. The number of hydrogen-bond acceptors (Lipinski definition) is 5. The minimum atomic E-state index is -1.27. The quantitative estimate of drug-likeness (QED) is 0.847. The maximum absolute atomic E-state index is 14.3. The van der Waals surface area contributed by atoms with Crippen LogP contribution in [0.15, 0.2) is 18.2 Å². The van der Waals surface area contributed by atoms with Crippen molar-refractivity contribution in [2.45, 2.75) is 44.5 Å². The largest absolute Gasteiger partial charge is 0.474 e. The molecule has 8 heteroatoms. The van der Waals surface area contributed by atoms with Crippen LogP contribution in [0.3, 0.4) is 0 Å². The molecule has 2 aromatic rings. The van der Waals surface area contributed by atoms with Crippen molar-refractivity contribution in [1.82, 2.24) is 9.71 Å². The van der Waals surface area contributed by atoms with Crippen molar-refractivity contribution in [3.05, 3.63) is 29.6 Å². The van der Waals surface area contributed by atoms with Crippen molar-refractivity contribution in [2.75, 3.05) is 31.3 Å². The van der Waals surface area contributed by atoms with Gasteiger partial charge < -0.3 is 14.4 Å². The molecule has 1 saturated heterocycles. The van der Waals surface area contributed by atoms with Gasteiger partial charge in [-0.15, -0.1) is 0 Å². The van der Waals surface area contributed by atoms with Crippen molar-refractivity contribution < 1.29 is 18.1 Å². The maximum atomic E-state index is 14.3. The first-order valence-electron chi connectivity index (χ1n) is 9.53. The van der Waals surface area contributed by atoms with E-state index in [2.05, 4.69) is 14.6 Å². The van der Waals surface area contributed by atoms with Crippen molar-refractivity contribution in [2.24, 2.45) is 0 Å². The summed E-state index contributed by atoms with van der Waals surface area (Å²) < 4.78 is 40.9. The molecule has 1 N–H and O–H groups in total. The van der Waals surface area contributed by atoms with Crippen molar-refractivity contribution in [3.8, 4) is 5.88 Å². The summed E-state index contributed by atoms with van der Waals surface area (Å²) in [7, 11) is -1.27. The lowest BCUT2D eigenvalue weighted by atomic mass is 10.0. The number of ether oxygens (including phenoxy) is 2. The summed E-state index contributed by atoms with van der Waals surface area (Å²) >= 11 is 0. The summed E-state index contributed by atoms with van der Waals surface area (Å²) in [6.45, 7) is 10.2. The normalized spacial score (nSPS) is 21.6. The van der Waals surface area contributed by atoms with Crippen LogP contribution in [0.4, 0.5) is 10.1 Å². The lowest BCUT2D eigenvalue weighted by molar-refractivity contribution is 0.0694. The van der Waals surface area contributed by atoms with E-state index >= 15 is 0 Å². The molecule has 3 heterocycles. The average Bonchev–Trinajstić information content (AvgIpc) is 2.65. The maximum Gasteiger partial charge on any atom is 0.238 e. The predicted octanol–water partition coefficient (Wildman–Crippen LogP) is 3.08. The third kappa shape index (κ3) is 3.60. The van der Waals surface area contributed by atoms with E-state index in [1.807, 2.05) is 33.8 Å². The summed E-state index contributed by atoms with van der Waals surface area (Å²) in [5.41, 5.74) is 2.18. The summed E-state index contributed by atoms with van der Waals surface area (Å²) in [6, 6.07) is 4.79. The Morgan fingerprint density at radius 1 is 1.32 bits per heavy atom. The number of benzene rings is 1. The molecule has 152 valence electrons. The van der Waals surface area contributed by atoms with Gasteiger partial charge in [0, 0.05) is 24.0 Å². The highest BCUT2D eigenvalue weighted by Gasteiger charge is 2.32. The molecule has 0 saturated carbocycles. The molecule has 2 aliphatic heterocycles. The van der Waals surface area contributed by atoms with E-state index in [0.717, 1.165) is 23.2 Å². The van der Waals surface area contributed by atoms with Crippen LogP contribution in [0.2, 0.25) is 0 Å². The molecule has 2 aliphatic rings. The fourth-order valence-electron chi connectivity index (χ4n) is 3.60. The first-order valence-corrected chi connectivity index (χ1v) is 10.7. The zero-order valence-corrected chi connectivity index (χ0v) is 17.4. The highest BCUT2D eigenvalue weighted by atomic mass is 32.2. The highest BCUT2D eigenvalue weighted by molar-refractivity contribution is 7.84. The van der Waals surface area contributed by atoms with E-state index in [0.29, 0.717) is 31.2 Å². The molecular formula is C20H26FN3O3S. The molecule has 0 bridgehead atoms. The van der Waals surface area contributed by atoms with E-state index < -0.39 is 15.7 Å². The monoisotopic (exact) mass is 407 g/mol. The van der Waals surface area contributed by atoms with Crippen LogP contribution in [0, 0.1) is 5.82 Å². The Balaban J connectivity index is 1.78. The second-order valence-electron chi connectivity index (χ2n) is 8.33. The van der Waals surface area contributed by atoms with E-state index in [-0.39, 0.29) is 17.9 Å². The molecule has 0 radical (unpaired) electrons. The number of hydrogen-bond donors (Lipinski definition) is 1. The SMILES string of the molecule is C[C@@H](N[S@](=O)C(C)(C)C)c1cc(F)cc2nc3c(cc12)N1CCOC[C@H]1CO3. The zero-order chi connectivity index (χ0) is 20.1. The summed E-state index contributed by atoms with van der Waals surface area (Å²) in [5.74, 6) is 0.159. The Bertz CT molecular complexity index is 931. The topological polar surface area (TPSA) is 63.7 Å². The Morgan fingerprint density at radius 2 is 2.11 bits per heavy atom. The van der Waals surface area contributed by atoms with Gasteiger partial charge in [0.05, 0.1) is 40.5 Å². The standard InChI is InChI=1S/C20H26FN3O3S/c1-12(23-28(25)20(2,3)4)15-7-13(21)8-17-16(15)9-18-19(22-17)27-11-14-10-26-6-5-24(14)18/h7-9,12,14,23H,5-6,10-11H2,1-4H3/t12-,14+,28-/m1/s1. The smallest absolute Gasteiger partial charge is 0.238 e. The van der Waals surface area contributed by atoms with Crippen LogP contribution in [0.1, 0.15) is 39.3 Å². The van der Waals surface area contributed by atoms with E-state index in [9.17, 15) is 8.60 Å². The third-order valence-electron chi connectivity index (χ3n) is 5.13. The fraction of sp³-hybridized carbons (Fsp3) is 0.550. The van der Waals surface area contributed by atoms with E-state index in [1.54, 1.807) is 0 Å². The molecule has 0 aliphatic carbocycles. The molecule has 0 unspecified atom stereocenters. The van der Waals surface area contributed by atoms with E-state index in [1.165, 1.54) is 12.1 Å². The van der Waals surface area contributed by atoms with Gasteiger partial charge in [0.1, 0.15) is 18.1 Å². The molecule has 4 rings (SSSR count). The van der Waals surface area contributed by atoms with Crippen LogP contribution < -0.4 is 14.4 Å². The second-order valence-corrected chi connectivity index (χ2v) is 10.3. The molecule has 1 fully saturated rings. The first-order chi connectivity index (χ1) is 13.2. The minimum Gasteiger partial charge on any atom is -0.474 e. The third-order valence-corrected chi connectivity index (χ3v) is 6.81. The highest BCUT2D eigenvalue weighted by Crippen LogP contribution is 2.38. The van der Waals surface area contributed by atoms with Crippen molar-refractivity contribution in [3.63, 3.8) is 0 Å². The molecule has 1 aromatic carbocycles. The summed E-state index contributed by atoms with van der Waals surface area (Å²) in [4.78, 5) is 6.85. The molecule has 6 nitrogen and oxygen atoms in total. The minimum absolute atomic E-state index is 0.161. The number of pyridine rings is 1. The number of nitrogens with zero attached hydrogens (tertiary/aromatic N) is 2. The molecule has 1 aromatic heterocycles. The second kappa shape index (κ2) is 7.24. The fourth-order valence-corrected chi connectivity index (χ4v) is 4.40. The van der Waals surface area contributed by atoms with Crippen LogP contribution in [0.5, 0.6) is 5.88 Å². The van der Waals surface area contributed by atoms with Gasteiger partial charge in [-0.05, 0) is 45.4 Å². The Morgan fingerprint density at radius 3 is 2.86 bits per heavy atom. The lowest BCUT2D eigenvalue weighted by Gasteiger charge is -2.40. The molecule has 0 spiro atoms. The van der Waals surface area contributed by atoms with Gasteiger partial charge in [0.15, 0.2) is 0 Å². The van der Waals surface area contributed by atoms with Gasteiger partial charge in [0.25, 0.3) is 0 Å². The number of morpholine rings is 1. The van der Waals surface area contributed by atoms with Gasteiger partial charge in [-0.1, -0.05) is 0 Å². The molecular weight excluding hydrogens is 381 g/mol. The number of rotatable bonds is 3. The van der Waals surface area contributed by atoms with Crippen LogP contribution in [-0.2, 0) is 15.7 Å². The lowest BCUT2D eigenvalue weighted by Crippen LogP contribution is -2.51. The van der Waals surface area contributed by atoms with Crippen LogP contribution >= 0.6 is 0 Å². The number of aromatic nitrogens is 1.